The number of carboxylic acids is 1. The number of alkyl halides is 1. The molecule has 0 spiro atoms. The van der Waals surface area contributed by atoms with E-state index in [1.165, 1.54) is 6.92 Å². The Balaban J connectivity index is 2.79. The van der Waals surface area contributed by atoms with Crippen molar-refractivity contribution < 1.29 is 14.6 Å². The lowest BCUT2D eigenvalue weighted by Crippen LogP contribution is -2.19. The largest absolute Gasteiger partial charge is 0.479 e. The highest BCUT2D eigenvalue weighted by Gasteiger charge is 2.20. The van der Waals surface area contributed by atoms with Crippen molar-refractivity contribution in [3.63, 3.8) is 0 Å². The van der Waals surface area contributed by atoms with Gasteiger partial charge in [0.1, 0.15) is 5.76 Å². The van der Waals surface area contributed by atoms with E-state index in [0.717, 1.165) is 12.0 Å². The third-order valence-electron chi connectivity index (χ3n) is 2.67. The second kappa shape index (κ2) is 5.39. The van der Waals surface area contributed by atoms with Crippen molar-refractivity contribution >= 4 is 17.6 Å². The lowest BCUT2D eigenvalue weighted by molar-refractivity contribution is -0.146. The van der Waals surface area contributed by atoms with Crippen molar-refractivity contribution in [1.29, 1.82) is 0 Å². The summed E-state index contributed by atoms with van der Waals surface area (Å²) in [6.45, 7) is 5.46. The molecule has 3 atom stereocenters. The third kappa shape index (κ3) is 3.27. The van der Waals surface area contributed by atoms with Crippen LogP contribution in [-0.4, -0.2) is 22.6 Å². The van der Waals surface area contributed by atoms with Crippen molar-refractivity contribution in [3.05, 3.63) is 23.5 Å². The molecule has 3 nitrogen and oxygen atoms in total. The van der Waals surface area contributed by atoms with Crippen LogP contribution in [0.15, 0.2) is 23.5 Å². The van der Waals surface area contributed by atoms with Gasteiger partial charge in [0.25, 0.3) is 0 Å². The first-order valence-electron chi connectivity index (χ1n) is 5.34. The van der Waals surface area contributed by atoms with Crippen LogP contribution in [0.1, 0.15) is 27.2 Å². The lowest BCUT2D eigenvalue weighted by Gasteiger charge is -2.13. The molecule has 0 saturated carbocycles. The van der Waals surface area contributed by atoms with Crippen LogP contribution in [0, 0.1) is 5.92 Å². The number of rotatable bonds is 3. The fourth-order valence-electron chi connectivity index (χ4n) is 1.45. The number of carbonyl (C=O) groups is 1. The lowest BCUT2D eigenvalue weighted by atomic mass is 10.0. The Hall–Kier alpha value is -0.960. The van der Waals surface area contributed by atoms with Gasteiger partial charge in [-0.15, -0.1) is 11.6 Å². The number of halogens is 1. The van der Waals surface area contributed by atoms with E-state index in [1.54, 1.807) is 0 Å². The minimum absolute atomic E-state index is 0.0301. The van der Waals surface area contributed by atoms with Gasteiger partial charge in [0.05, 0.1) is 5.38 Å². The van der Waals surface area contributed by atoms with E-state index in [2.05, 4.69) is 6.92 Å². The molecule has 0 fully saturated rings. The SMILES string of the molecule is CC1=CC(Cl)C(C)CC=C1O[C@H](C)C(=O)O. The van der Waals surface area contributed by atoms with E-state index in [9.17, 15) is 4.79 Å². The minimum Gasteiger partial charge on any atom is -0.479 e. The summed E-state index contributed by atoms with van der Waals surface area (Å²) in [5, 5.41) is 8.75. The van der Waals surface area contributed by atoms with Gasteiger partial charge in [0.2, 0.25) is 0 Å². The van der Waals surface area contributed by atoms with Gasteiger partial charge in [-0.25, -0.2) is 4.79 Å². The fraction of sp³-hybridized carbons (Fsp3) is 0.583. The van der Waals surface area contributed by atoms with Crippen molar-refractivity contribution in [2.45, 2.75) is 38.7 Å². The maximum absolute atomic E-state index is 10.7. The predicted octanol–water partition coefficient (Wildman–Crippen LogP) is 2.95. The van der Waals surface area contributed by atoms with Gasteiger partial charge in [-0.2, -0.15) is 0 Å². The molecule has 1 N–H and O–H groups in total. The van der Waals surface area contributed by atoms with Crippen LogP contribution in [-0.2, 0) is 9.53 Å². The number of aliphatic carboxylic acids is 1. The second-order valence-electron chi connectivity index (χ2n) is 4.17. The van der Waals surface area contributed by atoms with Gasteiger partial charge in [0, 0.05) is 0 Å². The summed E-state index contributed by atoms with van der Waals surface area (Å²) in [6.07, 6.45) is 3.79. The van der Waals surface area contributed by atoms with Crippen LogP contribution in [0.3, 0.4) is 0 Å². The monoisotopic (exact) mass is 244 g/mol. The molecule has 0 heterocycles. The summed E-state index contributed by atoms with van der Waals surface area (Å²) in [6, 6.07) is 0. The summed E-state index contributed by atoms with van der Waals surface area (Å²) in [7, 11) is 0. The van der Waals surface area contributed by atoms with Gasteiger partial charge in [0.15, 0.2) is 6.10 Å². The smallest absolute Gasteiger partial charge is 0.344 e. The number of hydrogen-bond acceptors (Lipinski definition) is 2. The fourth-order valence-corrected chi connectivity index (χ4v) is 1.74. The molecule has 0 aromatic rings. The van der Waals surface area contributed by atoms with E-state index < -0.39 is 12.1 Å². The molecule has 0 aromatic carbocycles. The van der Waals surface area contributed by atoms with Gasteiger partial charge >= 0.3 is 5.97 Å². The molecule has 2 unspecified atom stereocenters. The van der Waals surface area contributed by atoms with Gasteiger partial charge in [-0.1, -0.05) is 13.0 Å². The molecule has 1 aliphatic carbocycles. The first-order valence-corrected chi connectivity index (χ1v) is 5.78. The van der Waals surface area contributed by atoms with Gasteiger partial charge < -0.3 is 9.84 Å². The highest BCUT2D eigenvalue weighted by atomic mass is 35.5. The molecule has 4 heteroatoms. The Morgan fingerprint density at radius 3 is 2.88 bits per heavy atom. The molecular weight excluding hydrogens is 228 g/mol. The first kappa shape index (κ1) is 13.1. The van der Waals surface area contributed by atoms with Crippen LogP contribution in [0.5, 0.6) is 0 Å². The average Bonchev–Trinajstić information content (AvgIpc) is 2.31. The zero-order valence-corrected chi connectivity index (χ0v) is 10.5. The summed E-state index contributed by atoms with van der Waals surface area (Å²) in [4.78, 5) is 10.7. The Morgan fingerprint density at radius 1 is 1.69 bits per heavy atom. The molecule has 0 amide bonds. The number of allylic oxidation sites excluding steroid dienone is 3. The van der Waals surface area contributed by atoms with Crippen molar-refractivity contribution in [3.8, 4) is 0 Å². The van der Waals surface area contributed by atoms with Gasteiger partial charge in [-0.3, -0.25) is 0 Å². The minimum atomic E-state index is -0.964. The van der Waals surface area contributed by atoms with Crippen LogP contribution in [0.2, 0.25) is 0 Å². The highest BCUT2D eigenvalue weighted by molar-refractivity contribution is 6.22. The Kier molecular flexibility index (Phi) is 4.42. The first-order chi connectivity index (χ1) is 7.41. The number of ether oxygens (including phenoxy) is 1. The third-order valence-corrected chi connectivity index (χ3v) is 3.22. The molecule has 0 aromatic heterocycles. The van der Waals surface area contributed by atoms with Crippen molar-refractivity contribution in [1.82, 2.24) is 0 Å². The summed E-state index contributed by atoms with van der Waals surface area (Å²) in [5.41, 5.74) is 0.900. The quantitative estimate of drug-likeness (QED) is 0.777. The average molecular weight is 245 g/mol. The van der Waals surface area contributed by atoms with Crippen LogP contribution in [0.25, 0.3) is 0 Å². The topological polar surface area (TPSA) is 46.5 Å². The van der Waals surface area contributed by atoms with Crippen LogP contribution >= 0.6 is 11.6 Å². The van der Waals surface area contributed by atoms with Crippen LogP contribution in [0.4, 0.5) is 0 Å². The summed E-state index contributed by atoms with van der Waals surface area (Å²) >= 11 is 6.15. The van der Waals surface area contributed by atoms with E-state index >= 15 is 0 Å². The van der Waals surface area contributed by atoms with Crippen LogP contribution < -0.4 is 0 Å². The molecule has 0 bridgehead atoms. The predicted molar refractivity (Wildman–Crippen MR) is 63.4 cm³/mol. The highest BCUT2D eigenvalue weighted by Crippen LogP contribution is 2.26. The zero-order valence-electron chi connectivity index (χ0n) is 9.74. The van der Waals surface area contributed by atoms with E-state index in [4.69, 9.17) is 21.4 Å². The van der Waals surface area contributed by atoms with Crippen molar-refractivity contribution in [2.24, 2.45) is 5.92 Å². The molecular formula is C12H17ClO3. The Bertz CT molecular complexity index is 333. The summed E-state index contributed by atoms with van der Waals surface area (Å²) < 4.78 is 5.38. The standard InChI is InChI=1S/C12H17ClO3/c1-7-4-5-11(8(2)6-10(7)13)16-9(3)12(14)15/h5-7,9-10H,4H2,1-3H3,(H,14,15)/t7?,9-,10?/m1/s1. The van der Waals surface area contributed by atoms with E-state index in [0.29, 0.717) is 11.7 Å². The van der Waals surface area contributed by atoms with E-state index in [-0.39, 0.29) is 5.38 Å². The summed E-state index contributed by atoms with van der Waals surface area (Å²) in [5.74, 6) is -0.00355. The normalized spacial score (nSPS) is 27.5. The molecule has 90 valence electrons. The molecule has 16 heavy (non-hydrogen) atoms. The van der Waals surface area contributed by atoms with E-state index in [1.807, 2.05) is 19.1 Å². The van der Waals surface area contributed by atoms with Gasteiger partial charge in [-0.05, 0) is 37.8 Å². The Morgan fingerprint density at radius 2 is 2.31 bits per heavy atom. The molecule has 0 radical (unpaired) electrons. The molecule has 1 rings (SSSR count). The maximum atomic E-state index is 10.7. The molecule has 1 aliphatic rings. The number of carboxylic acid groups (broad SMARTS) is 1. The Labute approximate surface area is 101 Å². The number of hydrogen-bond donors (Lipinski definition) is 1. The molecule has 0 aliphatic heterocycles. The zero-order chi connectivity index (χ0) is 12.3. The molecule has 0 saturated heterocycles. The second-order valence-corrected chi connectivity index (χ2v) is 4.68. The maximum Gasteiger partial charge on any atom is 0.344 e. The van der Waals surface area contributed by atoms with Crippen molar-refractivity contribution in [2.75, 3.05) is 0 Å².